The van der Waals surface area contributed by atoms with Crippen molar-refractivity contribution in [1.82, 2.24) is 9.69 Å². The van der Waals surface area contributed by atoms with Gasteiger partial charge >= 0.3 is 5.97 Å². The lowest BCUT2D eigenvalue weighted by molar-refractivity contribution is -0.129. The smallest absolute Gasteiger partial charge is 0.360 e. The quantitative estimate of drug-likeness (QED) is 0.840. The number of ether oxygens (including phenoxy) is 1. The predicted molar refractivity (Wildman–Crippen MR) is 77.6 cm³/mol. The summed E-state index contributed by atoms with van der Waals surface area (Å²) >= 11 is 12.4. The first-order chi connectivity index (χ1) is 9.99. The summed E-state index contributed by atoms with van der Waals surface area (Å²) in [5, 5.41) is 2.60. The van der Waals surface area contributed by atoms with Crippen LogP contribution >= 0.6 is 34.7 Å². The first kappa shape index (κ1) is 15.8. The van der Waals surface area contributed by atoms with Crippen LogP contribution in [-0.4, -0.2) is 22.4 Å². The van der Waals surface area contributed by atoms with E-state index in [-0.39, 0.29) is 21.6 Å². The van der Waals surface area contributed by atoms with Crippen molar-refractivity contribution in [3.8, 4) is 0 Å². The summed E-state index contributed by atoms with van der Waals surface area (Å²) in [7, 11) is 0. The Morgan fingerprint density at radius 3 is 2.86 bits per heavy atom. The highest BCUT2D eigenvalue weighted by Gasteiger charge is 2.24. The zero-order valence-corrected chi connectivity index (χ0v) is 13.1. The highest BCUT2D eigenvalue weighted by Crippen LogP contribution is 2.29. The number of carbonyl (C=O) groups is 2. The molecule has 0 fully saturated rings. The second-order valence-corrected chi connectivity index (χ2v) is 5.72. The normalized spacial score (nSPS) is 12.0. The number of furan rings is 1. The molecule has 0 aromatic carbocycles. The molecule has 0 saturated heterocycles. The Labute approximate surface area is 134 Å². The molecule has 112 valence electrons. The topological polar surface area (TPSA) is 81.4 Å². The van der Waals surface area contributed by atoms with Crippen molar-refractivity contribution >= 4 is 46.6 Å². The second kappa shape index (κ2) is 6.93. The summed E-state index contributed by atoms with van der Waals surface area (Å²) in [6.07, 6.45) is 0.503. The molecular formula is C12H10Cl2N2O4S. The number of esters is 1. The molecule has 0 radical (unpaired) electrons. The lowest BCUT2D eigenvalue weighted by Gasteiger charge is -2.12. The van der Waals surface area contributed by atoms with Crippen molar-refractivity contribution in [2.75, 3.05) is 0 Å². The molecule has 0 aliphatic rings. The fourth-order valence-electron chi connectivity index (χ4n) is 1.39. The van der Waals surface area contributed by atoms with E-state index in [1.807, 2.05) is 0 Å². The zero-order valence-electron chi connectivity index (χ0n) is 10.8. The monoisotopic (exact) mass is 348 g/mol. The largest absolute Gasteiger partial charge is 0.467 e. The number of nitrogens with one attached hydrogen (secondary N) is 1. The maximum Gasteiger partial charge on any atom is 0.360 e. The SMILES string of the molecule is C[C@@H](OC(=O)c1nsc(Cl)c1Cl)C(=O)NCc1ccco1. The van der Waals surface area contributed by atoms with Crippen LogP contribution in [0, 0.1) is 0 Å². The van der Waals surface area contributed by atoms with Crippen LogP contribution in [0.1, 0.15) is 23.2 Å². The molecule has 0 saturated carbocycles. The van der Waals surface area contributed by atoms with E-state index in [0.29, 0.717) is 5.76 Å². The van der Waals surface area contributed by atoms with Gasteiger partial charge in [-0.3, -0.25) is 4.79 Å². The number of rotatable bonds is 5. The minimum atomic E-state index is -0.996. The van der Waals surface area contributed by atoms with Crippen LogP contribution in [0.2, 0.25) is 9.36 Å². The molecule has 21 heavy (non-hydrogen) atoms. The summed E-state index contributed by atoms with van der Waals surface area (Å²) in [5.41, 5.74) is -0.0997. The summed E-state index contributed by atoms with van der Waals surface area (Å²) < 4.78 is 14.0. The van der Waals surface area contributed by atoms with Gasteiger partial charge in [0.25, 0.3) is 5.91 Å². The summed E-state index contributed by atoms with van der Waals surface area (Å²) in [6.45, 7) is 1.65. The molecule has 2 aromatic rings. The molecular weight excluding hydrogens is 339 g/mol. The standard InChI is InChI=1S/C12H10Cl2N2O4S/c1-6(11(17)15-5-7-3-2-4-19-7)20-12(18)9-8(13)10(14)21-16-9/h2-4,6H,5H2,1H3,(H,15,17)/t6-/m1/s1. The van der Waals surface area contributed by atoms with Gasteiger partial charge in [0.05, 0.1) is 12.8 Å². The number of halogens is 2. The number of amides is 1. The van der Waals surface area contributed by atoms with E-state index in [1.165, 1.54) is 13.2 Å². The Balaban J connectivity index is 1.88. The molecule has 1 N–H and O–H groups in total. The van der Waals surface area contributed by atoms with E-state index in [0.717, 1.165) is 11.5 Å². The van der Waals surface area contributed by atoms with E-state index in [1.54, 1.807) is 12.1 Å². The van der Waals surface area contributed by atoms with Gasteiger partial charge in [-0.15, -0.1) is 0 Å². The maximum absolute atomic E-state index is 11.8. The maximum atomic E-state index is 11.8. The number of carbonyl (C=O) groups excluding carboxylic acids is 2. The van der Waals surface area contributed by atoms with Crippen LogP contribution in [0.3, 0.4) is 0 Å². The molecule has 0 unspecified atom stereocenters. The third-order valence-electron chi connectivity index (χ3n) is 2.46. The molecule has 9 heteroatoms. The summed E-state index contributed by atoms with van der Waals surface area (Å²) in [4.78, 5) is 23.6. The summed E-state index contributed by atoms with van der Waals surface area (Å²) in [5.74, 6) is -0.669. The Morgan fingerprint density at radius 2 is 2.29 bits per heavy atom. The van der Waals surface area contributed by atoms with Gasteiger partial charge in [0, 0.05) is 0 Å². The highest BCUT2D eigenvalue weighted by molar-refractivity contribution is 7.11. The van der Waals surface area contributed by atoms with Gasteiger partial charge in [0.15, 0.2) is 11.8 Å². The summed E-state index contributed by atoms with van der Waals surface area (Å²) in [6, 6.07) is 3.42. The molecule has 0 bridgehead atoms. The van der Waals surface area contributed by atoms with Crippen molar-refractivity contribution in [2.45, 2.75) is 19.6 Å². The molecule has 1 atom stereocenters. The van der Waals surface area contributed by atoms with E-state index in [9.17, 15) is 9.59 Å². The van der Waals surface area contributed by atoms with Gasteiger partial charge in [-0.25, -0.2) is 4.79 Å². The predicted octanol–water partition coefficient (Wildman–Crippen LogP) is 2.90. The molecule has 6 nitrogen and oxygen atoms in total. The molecule has 2 heterocycles. The van der Waals surface area contributed by atoms with Gasteiger partial charge < -0.3 is 14.5 Å². The van der Waals surface area contributed by atoms with Gasteiger partial charge in [0.2, 0.25) is 0 Å². The molecule has 0 spiro atoms. The van der Waals surface area contributed by atoms with Gasteiger partial charge in [-0.05, 0) is 30.6 Å². The third kappa shape index (κ3) is 3.96. The Bertz CT molecular complexity index is 642. The number of aromatic nitrogens is 1. The molecule has 2 aromatic heterocycles. The third-order valence-corrected chi connectivity index (χ3v) is 4.07. The van der Waals surface area contributed by atoms with Crippen molar-refractivity contribution in [3.63, 3.8) is 0 Å². The average Bonchev–Trinajstić information content (AvgIpc) is 3.07. The van der Waals surface area contributed by atoms with Crippen LogP contribution in [0.4, 0.5) is 0 Å². The highest BCUT2D eigenvalue weighted by atomic mass is 35.5. The number of hydrogen-bond acceptors (Lipinski definition) is 6. The van der Waals surface area contributed by atoms with Crippen molar-refractivity contribution in [3.05, 3.63) is 39.2 Å². The minimum Gasteiger partial charge on any atom is -0.467 e. The van der Waals surface area contributed by atoms with E-state index < -0.39 is 18.0 Å². The Kier molecular flexibility index (Phi) is 5.22. The van der Waals surface area contributed by atoms with Gasteiger partial charge in [-0.1, -0.05) is 23.2 Å². The Hall–Kier alpha value is -1.57. The molecule has 0 aliphatic carbocycles. The first-order valence-electron chi connectivity index (χ1n) is 5.80. The van der Waals surface area contributed by atoms with Crippen molar-refractivity contribution < 1.29 is 18.7 Å². The Morgan fingerprint density at radius 1 is 1.52 bits per heavy atom. The van der Waals surface area contributed by atoms with Crippen LogP contribution in [0.15, 0.2) is 22.8 Å². The van der Waals surface area contributed by atoms with Crippen LogP contribution in [-0.2, 0) is 16.1 Å². The van der Waals surface area contributed by atoms with E-state index >= 15 is 0 Å². The number of nitrogens with zero attached hydrogens (tertiary/aromatic N) is 1. The van der Waals surface area contributed by atoms with Crippen molar-refractivity contribution in [1.29, 1.82) is 0 Å². The van der Waals surface area contributed by atoms with E-state index in [4.69, 9.17) is 32.4 Å². The fraction of sp³-hybridized carbons (Fsp3) is 0.250. The lowest BCUT2D eigenvalue weighted by Crippen LogP contribution is -2.35. The van der Waals surface area contributed by atoms with Crippen molar-refractivity contribution in [2.24, 2.45) is 0 Å². The number of hydrogen-bond donors (Lipinski definition) is 1. The fourth-order valence-corrected chi connectivity index (χ4v) is 2.37. The zero-order chi connectivity index (χ0) is 15.4. The molecule has 1 amide bonds. The van der Waals surface area contributed by atoms with Crippen LogP contribution in [0.5, 0.6) is 0 Å². The van der Waals surface area contributed by atoms with Gasteiger partial charge in [0.1, 0.15) is 15.1 Å². The van der Waals surface area contributed by atoms with Gasteiger partial charge in [-0.2, -0.15) is 4.37 Å². The second-order valence-electron chi connectivity index (χ2n) is 3.96. The van der Waals surface area contributed by atoms with Crippen LogP contribution in [0.25, 0.3) is 0 Å². The van der Waals surface area contributed by atoms with Crippen LogP contribution < -0.4 is 5.32 Å². The minimum absolute atomic E-state index is 0.0230. The van der Waals surface area contributed by atoms with E-state index in [2.05, 4.69) is 9.69 Å². The lowest BCUT2D eigenvalue weighted by atomic mass is 10.3. The first-order valence-corrected chi connectivity index (χ1v) is 7.33. The molecule has 0 aliphatic heterocycles. The average molecular weight is 349 g/mol. The molecule has 2 rings (SSSR count).